The Morgan fingerprint density at radius 2 is 2.00 bits per heavy atom. The molecule has 0 bridgehead atoms. The fraction of sp³-hybridized carbons (Fsp3) is 0.636. The Hall–Kier alpha value is -1.36. The van der Waals surface area contributed by atoms with Crippen molar-refractivity contribution in [2.45, 2.75) is 20.8 Å². The summed E-state index contributed by atoms with van der Waals surface area (Å²) >= 11 is 0. The summed E-state index contributed by atoms with van der Waals surface area (Å²) in [6.45, 7) is 6.80. The molecule has 0 rings (SSSR count). The van der Waals surface area contributed by atoms with Crippen molar-refractivity contribution in [1.82, 2.24) is 10.6 Å². The Kier molecular flexibility index (Phi) is 7.20. The second kappa shape index (κ2) is 7.87. The number of carboxylic acids is 1. The second-order valence-corrected chi connectivity index (χ2v) is 4.02. The molecule has 0 aromatic heterocycles. The minimum atomic E-state index is -0.939. The highest BCUT2D eigenvalue weighted by Crippen LogP contribution is 1.89. The van der Waals surface area contributed by atoms with Crippen LogP contribution >= 0.6 is 0 Å². The molecule has 0 heterocycles. The monoisotopic (exact) mass is 228 g/mol. The first-order chi connectivity index (χ1) is 7.43. The Bertz CT molecular complexity index is 272. The van der Waals surface area contributed by atoms with E-state index in [-0.39, 0.29) is 18.0 Å². The highest BCUT2D eigenvalue weighted by molar-refractivity contribution is 5.85. The fourth-order valence-corrected chi connectivity index (χ4v) is 0.879. The fourth-order valence-electron chi connectivity index (χ4n) is 0.879. The number of hydrogen-bond acceptors (Lipinski definition) is 3. The zero-order chi connectivity index (χ0) is 12.6. The molecule has 0 spiro atoms. The molecule has 5 heteroatoms. The third-order valence-electron chi connectivity index (χ3n) is 1.88. The van der Waals surface area contributed by atoms with Gasteiger partial charge in [0.05, 0.1) is 6.54 Å². The highest BCUT2D eigenvalue weighted by Gasteiger charge is 2.01. The van der Waals surface area contributed by atoms with Crippen LogP contribution in [0.5, 0.6) is 0 Å². The van der Waals surface area contributed by atoms with Gasteiger partial charge in [-0.3, -0.25) is 4.79 Å². The summed E-state index contributed by atoms with van der Waals surface area (Å²) in [5.41, 5.74) is 0.273. The second-order valence-electron chi connectivity index (χ2n) is 4.02. The van der Waals surface area contributed by atoms with E-state index in [4.69, 9.17) is 5.11 Å². The van der Waals surface area contributed by atoms with E-state index in [1.807, 2.05) is 13.8 Å². The Balaban J connectivity index is 3.63. The molecule has 0 unspecified atom stereocenters. The van der Waals surface area contributed by atoms with Crippen LogP contribution in [0.2, 0.25) is 0 Å². The number of amides is 1. The van der Waals surface area contributed by atoms with Crippen molar-refractivity contribution in [1.29, 1.82) is 0 Å². The molecule has 3 N–H and O–H groups in total. The summed E-state index contributed by atoms with van der Waals surface area (Å²) in [6, 6.07) is 0. The third-order valence-corrected chi connectivity index (χ3v) is 1.88. The highest BCUT2D eigenvalue weighted by atomic mass is 16.4. The minimum Gasteiger partial charge on any atom is -0.478 e. The summed E-state index contributed by atoms with van der Waals surface area (Å²) in [5, 5.41) is 14.2. The van der Waals surface area contributed by atoms with E-state index in [0.29, 0.717) is 19.0 Å². The third kappa shape index (κ3) is 7.99. The lowest BCUT2D eigenvalue weighted by Crippen LogP contribution is -2.35. The average Bonchev–Trinajstić information content (AvgIpc) is 2.20. The molecule has 0 saturated carbocycles. The van der Waals surface area contributed by atoms with Gasteiger partial charge in [0.1, 0.15) is 0 Å². The van der Waals surface area contributed by atoms with Crippen LogP contribution in [-0.4, -0.2) is 36.6 Å². The predicted molar refractivity (Wildman–Crippen MR) is 62.1 cm³/mol. The van der Waals surface area contributed by atoms with E-state index in [1.54, 1.807) is 0 Å². The van der Waals surface area contributed by atoms with E-state index < -0.39 is 5.97 Å². The Morgan fingerprint density at radius 3 is 2.50 bits per heavy atom. The van der Waals surface area contributed by atoms with Crippen LogP contribution < -0.4 is 10.6 Å². The van der Waals surface area contributed by atoms with Gasteiger partial charge in [-0.25, -0.2) is 4.79 Å². The molecule has 1 amide bonds. The van der Waals surface area contributed by atoms with Gasteiger partial charge in [-0.2, -0.15) is 0 Å². The number of aliphatic carboxylic acids is 1. The zero-order valence-electron chi connectivity index (χ0n) is 10.0. The molecular weight excluding hydrogens is 208 g/mol. The summed E-state index contributed by atoms with van der Waals surface area (Å²) < 4.78 is 0. The van der Waals surface area contributed by atoms with Crippen LogP contribution in [0.25, 0.3) is 0 Å². The molecule has 0 aliphatic rings. The number of hydrogen-bond donors (Lipinski definition) is 3. The Labute approximate surface area is 95.9 Å². The van der Waals surface area contributed by atoms with Crippen LogP contribution in [0.15, 0.2) is 11.6 Å². The van der Waals surface area contributed by atoms with Gasteiger partial charge < -0.3 is 15.7 Å². The quantitative estimate of drug-likeness (QED) is 0.435. The van der Waals surface area contributed by atoms with E-state index in [1.165, 1.54) is 13.0 Å². The summed E-state index contributed by atoms with van der Waals surface area (Å²) in [6.07, 6.45) is 1.54. The average molecular weight is 228 g/mol. The molecule has 0 atom stereocenters. The van der Waals surface area contributed by atoms with Crippen molar-refractivity contribution in [3.63, 3.8) is 0 Å². The first kappa shape index (κ1) is 14.6. The molecule has 92 valence electrons. The lowest BCUT2D eigenvalue weighted by molar-refractivity contribution is -0.132. The van der Waals surface area contributed by atoms with Crippen molar-refractivity contribution in [3.8, 4) is 0 Å². The molecular formula is C11H20N2O3. The topological polar surface area (TPSA) is 78.4 Å². The van der Waals surface area contributed by atoms with Gasteiger partial charge in [-0.1, -0.05) is 19.9 Å². The predicted octanol–water partition coefficient (Wildman–Crippen LogP) is 0.379. The molecule has 0 aliphatic carbocycles. The molecule has 0 saturated heterocycles. The maximum absolute atomic E-state index is 11.2. The van der Waals surface area contributed by atoms with Crippen LogP contribution in [0.4, 0.5) is 0 Å². The van der Waals surface area contributed by atoms with E-state index >= 15 is 0 Å². The summed E-state index contributed by atoms with van der Waals surface area (Å²) in [4.78, 5) is 21.6. The lowest BCUT2D eigenvalue weighted by Gasteiger charge is -2.07. The Morgan fingerprint density at radius 1 is 1.38 bits per heavy atom. The minimum absolute atomic E-state index is 0.0740. The van der Waals surface area contributed by atoms with Crippen molar-refractivity contribution >= 4 is 11.9 Å². The van der Waals surface area contributed by atoms with Crippen LogP contribution in [0.1, 0.15) is 20.8 Å². The van der Waals surface area contributed by atoms with Crippen LogP contribution in [0.3, 0.4) is 0 Å². The molecule has 5 nitrogen and oxygen atoms in total. The first-order valence-electron chi connectivity index (χ1n) is 5.31. The molecule has 0 aliphatic heterocycles. The van der Waals surface area contributed by atoms with Gasteiger partial charge >= 0.3 is 5.97 Å². The number of carboxylic acid groups (broad SMARTS) is 1. The molecule has 0 aromatic rings. The van der Waals surface area contributed by atoms with Crippen LogP contribution in [0, 0.1) is 5.92 Å². The number of nitrogens with one attached hydrogen (secondary N) is 2. The lowest BCUT2D eigenvalue weighted by atomic mass is 10.2. The SMILES string of the molecule is C/C(=C/CNCC(=O)NCC(C)C)C(=O)O. The van der Waals surface area contributed by atoms with Gasteiger partial charge in [0.25, 0.3) is 0 Å². The maximum Gasteiger partial charge on any atom is 0.330 e. The van der Waals surface area contributed by atoms with Gasteiger partial charge in [0.15, 0.2) is 0 Å². The normalized spacial score (nSPS) is 11.6. The van der Waals surface area contributed by atoms with Gasteiger partial charge in [-0.15, -0.1) is 0 Å². The van der Waals surface area contributed by atoms with Crippen molar-refractivity contribution in [2.75, 3.05) is 19.6 Å². The summed E-state index contributed by atoms with van der Waals surface area (Å²) in [7, 11) is 0. The summed E-state index contributed by atoms with van der Waals surface area (Å²) in [5.74, 6) is -0.584. The number of carbonyl (C=O) groups is 2. The molecule has 0 radical (unpaired) electrons. The molecule has 0 fully saturated rings. The van der Waals surface area contributed by atoms with Crippen LogP contribution in [-0.2, 0) is 9.59 Å². The van der Waals surface area contributed by atoms with Crippen molar-refractivity contribution < 1.29 is 14.7 Å². The number of carbonyl (C=O) groups excluding carboxylic acids is 1. The zero-order valence-corrected chi connectivity index (χ0v) is 10.0. The maximum atomic E-state index is 11.2. The largest absolute Gasteiger partial charge is 0.478 e. The van der Waals surface area contributed by atoms with E-state index in [0.717, 1.165) is 0 Å². The van der Waals surface area contributed by atoms with Gasteiger partial charge in [-0.05, 0) is 12.8 Å². The van der Waals surface area contributed by atoms with Crippen molar-refractivity contribution in [2.24, 2.45) is 5.92 Å². The van der Waals surface area contributed by atoms with E-state index in [9.17, 15) is 9.59 Å². The van der Waals surface area contributed by atoms with E-state index in [2.05, 4.69) is 10.6 Å². The smallest absolute Gasteiger partial charge is 0.330 e. The molecule has 0 aromatic carbocycles. The van der Waals surface area contributed by atoms with Gasteiger partial charge in [0, 0.05) is 18.7 Å². The number of rotatable bonds is 7. The standard InChI is InChI=1S/C11H20N2O3/c1-8(2)6-13-10(14)7-12-5-4-9(3)11(15)16/h4,8,12H,5-7H2,1-3H3,(H,13,14)(H,15,16)/b9-4-. The van der Waals surface area contributed by atoms with Gasteiger partial charge in [0.2, 0.25) is 5.91 Å². The molecule has 16 heavy (non-hydrogen) atoms. The van der Waals surface area contributed by atoms with Crippen molar-refractivity contribution in [3.05, 3.63) is 11.6 Å². The first-order valence-corrected chi connectivity index (χ1v) is 5.31.